The molecule has 0 aliphatic carbocycles. The largest absolute Gasteiger partial charge is 0.392 e. The third-order valence-electron chi connectivity index (χ3n) is 4.83. The number of carbonyl (C=O) groups excluding carboxylic acids is 1. The molecule has 156 valence electrons. The lowest BCUT2D eigenvalue weighted by Crippen LogP contribution is -2.43. The molecule has 3 aromatic rings. The molecule has 1 aliphatic heterocycles. The van der Waals surface area contributed by atoms with E-state index >= 15 is 0 Å². The molecule has 2 atom stereocenters. The van der Waals surface area contributed by atoms with E-state index in [1.165, 1.54) is 0 Å². The number of ether oxygens (including phenoxy) is 1. The van der Waals surface area contributed by atoms with Gasteiger partial charge in [-0.25, -0.2) is 0 Å². The van der Waals surface area contributed by atoms with E-state index in [4.69, 9.17) is 33.0 Å². The topological polar surface area (TPSA) is 62.7 Å². The summed E-state index contributed by atoms with van der Waals surface area (Å²) in [7, 11) is 1.80. The number of carbonyl (C=O) groups is 1. The summed E-state index contributed by atoms with van der Waals surface area (Å²) in [6.45, 7) is 0.177. The van der Waals surface area contributed by atoms with Crippen molar-refractivity contribution in [2.24, 2.45) is 0 Å². The van der Waals surface area contributed by atoms with Gasteiger partial charge in [0.25, 0.3) is 0 Å². The van der Waals surface area contributed by atoms with Gasteiger partial charge in [0.2, 0.25) is 5.91 Å². The number of likely N-dealkylation sites (N-methyl/N-ethyl adjacent to an activating group) is 1. The molecule has 1 fully saturated rings. The monoisotopic (exact) mass is 444 g/mol. The average molecular weight is 445 g/mol. The molecule has 30 heavy (non-hydrogen) atoms. The van der Waals surface area contributed by atoms with E-state index < -0.39 is 0 Å². The van der Waals surface area contributed by atoms with Gasteiger partial charge in [0.05, 0.1) is 12.6 Å². The molecule has 5 nitrogen and oxygen atoms in total. The number of aliphatic hydroxyl groups is 1. The van der Waals surface area contributed by atoms with Gasteiger partial charge in [-0.2, -0.15) is 0 Å². The van der Waals surface area contributed by atoms with Crippen LogP contribution in [-0.4, -0.2) is 34.6 Å². The Hall–Kier alpha value is -2.44. The van der Waals surface area contributed by atoms with Crippen LogP contribution in [0.3, 0.4) is 0 Å². The third kappa shape index (κ3) is 5.58. The van der Waals surface area contributed by atoms with Crippen LogP contribution < -0.4 is 0 Å². The summed E-state index contributed by atoms with van der Waals surface area (Å²) in [5.41, 5.74) is 2.88. The Bertz CT molecular complexity index is 950. The van der Waals surface area contributed by atoms with Crippen LogP contribution in [0.5, 0.6) is 0 Å². The number of hydrogen-bond donors (Lipinski definition) is 1. The molecule has 0 radical (unpaired) electrons. The summed E-state index contributed by atoms with van der Waals surface area (Å²) < 4.78 is 5.82. The molecular weight excluding hydrogens is 423 g/mol. The van der Waals surface area contributed by atoms with Crippen LogP contribution in [0.4, 0.5) is 0 Å². The highest BCUT2D eigenvalue weighted by Crippen LogP contribution is 2.39. The van der Waals surface area contributed by atoms with Crippen molar-refractivity contribution in [1.29, 1.82) is 0 Å². The molecule has 0 spiro atoms. The van der Waals surface area contributed by atoms with E-state index in [-0.39, 0.29) is 31.3 Å². The predicted molar refractivity (Wildman–Crippen MR) is 117 cm³/mol. The fourth-order valence-corrected chi connectivity index (χ4v) is 3.44. The van der Waals surface area contributed by atoms with Crippen LogP contribution >= 0.6 is 23.2 Å². The number of halogens is 2. The molecule has 2 aromatic carbocycles. The Kier molecular flexibility index (Phi) is 7.82. The van der Waals surface area contributed by atoms with Crippen molar-refractivity contribution < 1.29 is 14.6 Å². The number of nitrogens with zero attached hydrogens (tertiary/aromatic N) is 2. The van der Waals surface area contributed by atoms with Crippen molar-refractivity contribution in [3.63, 3.8) is 0 Å². The van der Waals surface area contributed by atoms with Gasteiger partial charge < -0.3 is 14.7 Å². The van der Waals surface area contributed by atoms with Gasteiger partial charge in [0.15, 0.2) is 0 Å². The predicted octanol–water partition coefficient (Wildman–Crippen LogP) is 4.84. The number of hydrogen-bond acceptors (Lipinski definition) is 4. The number of amides is 1. The van der Waals surface area contributed by atoms with Crippen molar-refractivity contribution in [2.45, 2.75) is 18.8 Å². The number of morpholine rings is 1. The minimum atomic E-state index is -0.235. The van der Waals surface area contributed by atoms with E-state index in [0.717, 1.165) is 16.7 Å². The van der Waals surface area contributed by atoms with Crippen molar-refractivity contribution in [2.75, 3.05) is 13.7 Å². The van der Waals surface area contributed by atoms with Gasteiger partial charge in [-0.1, -0.05) is 47.5 Å². The van der Waals surface area contributed by atoms with Gasteiger partial charge in [-0.15, -0.1) is 0 Å². The van der Waals surface area contributed by atoms with Gasteiger partial charge in [-0.05, 0) is 53.1 Å². The maximum Gasteiger partial charge on any atom is 0.248 e. The SMILES string of the molecule is CN1C(=O)COC(c2ccc(Cl)cc2)C1c1ccc(Cl)cc1.OCc1ccncc1. The molecule has 1 N–H and O–H groups in total. The third-order valence-corrected chi connectivity index (χ3v) is 5.33. The Morgan fingerprint density at radius 1 is 0.967 bits per heavy atom. The van der Waals surface area contributed by atoms with Crippen LogP contribution in [0.2, 0.25) is 10.0 Å². The van der Waals surface area contributed by atoms with Crippen molar-refractivity contribution >= 4 is 29.1 Å². The molecule has 2 heterocycles. The maximum atomic E-state index is 12.0. The molecule has 0 saturated carbocycles. The van der Waals surface area contributed by atoms with Crippen LogP contribution in [0.1, 0.15) is 28.8 Å². The molecule has 7 heteroatoms. The normalized spacial score (nSPS) is 18.5. The first-order valence-electron chi connectivity index (χ1n) is 9.37. The standard InChI is InChI=1S/C17H15Cl2NO2.C6H7NO/c1-20-15(21)10-22-17(12-4-8-14(19)9-5-12)16(20)11-2-6-13(18)7-3-11;8-5-6-1-3-7-4-2-6/h2-9,16-17H,10H2,1H3;1-4,8H,5H2. The second-order valence-corrected chi connectivity index (χ2v) is 7.67. The summed E-state index contributed by atoms with van der Waals surface area (Å²) in [6, 6.07) is 18.4. The summed E-state index contributed by atoms with van der Waals surface area (Å²) in [4.78, 5) is 17.5. The van der Waals surface area contributed by atoms with E-state index in [1.54, 1.807) is 36.5 Å². The zero-order chi connectivity index (χ0) is 21.5. The van der Waals surface area contributed by atoms with Crippen molar-refractivity contribution in [3.05, 3.63) is 99.8 Å². The molecule has 1 aromatic heterocycles. The number of rotatable bonds is 3. The van der Waals surface area contributed by atoms with Gasteiger partial charge in [-0.3, -0.25) is 9.78 Å². The molecule has 1 amide bonds. The highest BCUT2D eigenvalue weighted by atomic mass is 35.5. The molecule has 4 rings (SSSR count). The summed E-state index contributed by atoms with van der Waals surface area (Å²) in [5.74, 6) is -0.0369. The lowest BCUT2D eigenvalue weighted by Gasteiger charge is -2.39. The van der Waals surface area contributed by atoms with Crippen LogP contribution in [0.25, 0.3) is 0 Å². The van der Waals surface area contributed by atoms with Crippen LogP contribution in [-0.2, 0) is 16.1 Å². The van der Waals surface area contributed by atoms with Gasteiger partial charge in [0, 0.05) is 29.5 Å². The maximum absolute atomic E-state index is 12.0. The minimum absolute atomic E-state index is 0.0369. The van der Waals surface area contributed by atoms with Gasteiger partial charge >= 0.3 is 0 Å². The van der Waals surface area contributed by atoms with Gasteiger partial charge in [0.1, 0.15) is 12.7 Å². The van der Waals surface area contributed by atoms with E-state index in [1.807, 2.05) is 48.5 Å². The Labute approximate surface area is 185 Å². The second-order valence-electron chi connectivity index (χ2n) is 6.80. The quantitative estimate of drug-likeness (QED) is 0.627. The average Bonchev–Trinajstić information content (AvgIpc) is 2.78. The molecule has 1 aliphatic rings. The Balaban J connectivity index is 0.000000269. The zero-order valence-corrected chi connectivity index (χ0v) is 17.9. The first kappa shape index (κ1) is 22.2. The molecular formula is C23H22Cl2N2O3. The number of pyridine rings is 1. The fourth-order valence-electron chi connectivity index (χ4n) is 3.19. The zero-order valence-electron chi connectivity index (χ0n) is 16.4. The van der Waals surface area contributed by atoms with E-state index in [2.05, 4.69) is 4.98 Å². The van der Waals surface area contributed by atoms with E-state index in [0.29, 0.717) is 10.0 Å². The number of aromatic nitrogens is 1. The Morgan fingerprint density at radius 2 is 1.50 bits per heavy atom. The number of benzene rings is 2. The highest BCUT2D eigenvalue weighted by molar-refractivity contribution is 6.30. The smallest absolute Gasteiger partial charge is 0.248 e. The molecule has 1 saturated heterocycles. The highest BCUT2D eigenvalue weighted by Gasteiger charge is 2.36. The first-order valence-corrected chi connectivity index (χ1v) is 10.1. The first-order chi connectivity index (χ1) is 14.5. The summed E-state index contributed by atoms with van der Waals surface area (Å²) in [6.07, 6.45) is 3.08. The van der Waals surface area contributed by atoms with Crippen molar-refractivity contribution in [3.8, 4) is 0 Å². The molecule has 2 unspecified atom stereocenters. The minimum Gasteiger partial charge on any atom is -0.392 e. The fraction of sp³-hybridized carbons (Fsp3) is 0.217. The second kappa shape index (κ2) is 10.5. The van der Waals surface area contributed by atoms with Crippen molar-refractivity contribution in [1.82, 2.24) is 9.88 Å². The van der Waals surface area contributed by atoms with Crippen LogP contribution in [0, 0.1) is 0 Å². The van der Waals surface area contributed by atoms with Crippen LogP contribution in [0.15, 0.2) is 73.1 Å². The Morgan fingerprint density at radius 3 is 2.00 bits per heavy atom. The lowest BCUT2D eigenvalue weighted by atomic mass is 9.93. The van der Waals surface area contributed by atoms with E-state index in [9.17, 15) is 4.79 Å². The lowest BCUT2D eigenvalue weighted by molar-refractivity contribution is -0.155. The summed E-state index contributed by atoms with van der Waals surface area (Å²) >= 11 is 11.9. The summed E-state index contributed by atoms with van der Waals surface area (Å²) in [5, 5.41) is 9.85. The number of aliphatic hydroxyl groups excluding tert-OH is 1. The molecule has 0 bridgehead atoms.